The van der Waals surface area contributed by atoms with Crippen molar-refractivity contribution in [2.45, 2.75) is 72.5 Å². The highest BCUT2D eigenvalue weighted by molar-refractivity contribution is 5.79. The lowest BCUT2D eigenvalue weighted by Crippen LogP contribution is -2.42. The van der Waals surface area contributed by atoms with E-state index in [0.29, 0.717) is 18.5 Å². The van der Waals surface area contributed by atoms with Gasteiger partial charge in [0.15, 0.2) is 5.96 Å². The summed E-state index contributed by atoms with van der Waals surface area (Å²) < 4.78 is 2.20. The number of rotatable bonds is 9. The first-order valence-corrected chi connectivity index (χ1v) is 8.54. The molecule has 0 saturated carbocycles. The van der Waals surface area contributed by atoms with Gasteiger partial charge < -0.3 is 15.2 Å². The molecule has 2 N–H and O–H groups in total. The Morgan fingerprint density at radius 2 is 2.09 bits per heavy atom. The van der Waals surface area contributed by atoms with Gasteiger partial charge in [0.1, 0.15) is 5.82 Å². The molecule has 1 heterocycles. The zero-order valence-electron chi connectivity index (χ0n) is 14.9. The maximum absolute atomic E-state index is 4.43. The summed E-state index contributed by atoms with van der Waals surface area (Å²) in [6.07, 6.45) is 8.91. The van der Waals surface area contributed by atoms with E-state index in [0.717, 1.165) is 18.3 Å². The van der Waals surface area contributed by atoms with E-state index in [1.807, 2.05) is 19.4 Å². The molecular weight excluding hydrogens is 274 g/mol. The molecule has 1 atom stereocenters. The maximum Gasteiger partial charge on any atom is 0.191 e. The zero-order valence-corrected chi connectivity index (χ0v) is 14.9. The van der Waals surface area contributed by atoms with E-state index in [1.54, 1.807) is 0 Å². The summed E-state index contributed by atoms with van der Waals surface area (Å²) in [5, 5.41) is 6.81. The SMILES string of the molecule is CCCCCC(C)NC(=NC)NCc1nccn1CC(C)C. The van der Waals surface area contributed by atoms with Crippen molar-refractivity contribution in [3.63, 3.8) is 0 Å². The highest BCUT2D eigenvalue weighted by atomic mass is 15.2. The molecule has 0 aromatic carbocycles. The first-order chi connectivity index (χ1) is 10.6. The first-order valence-electron chi connectivity index (χ1n) is 8.54. The number of unbranched alkanes of at least 4 members (excludes halogenated alkanes) is 2. The van der Waals surface area contributed by atoms with Crippen LogP contribution in [-0.2, 0) is 13.1 Å². The van der Waals surface area contributed by atoms with Crippen LogP contribution < -0.4 is 10.6 Å². The van der Waals surface area contributed by atoms with Crippen LogP contribution in [0.4, 0.5) is 0 Å². The first kappa shape index (κ1) is 18.5. The van der Waals surface area contributed by atoms with E-state index in [-0.39, 0.29) is 0 Å². The molecule has 0 radical (unpaired) electrons. The van der Waals surface area contributed by atoms with Gasteiger partial charge in [-0.25, -0.2) is 4.98 Å². The zero-order chi connectivity index (χ0) is 16.4. The molecule has 0 fully saturated rings. The van der Waals surface area contributed by atoms with E-state index in [4.69, 9.17) is 0 Å². The van der Waals surface area contributed by atoms with Gasteiger partial charge in [-0.2, -0.15) is 0 Å². The quantitative estimate of drug-likeness (QED) is 0.418. The predicted molar refractivity (Wildman–Crippen MR) is 94.0 cm³/mol. The lowest BCUT2D eigenvalue weighted by atomic mass is 10.1. The Balaban J connectivity index is 2.42. The van der Waals surface area contributed by atoms with Crippen molar-refractivity contribution >= 4 is 5.96 Å². The molecule has 5 nitrogen and oxygen atoms in total. The van der Waals surface area contributed by atoms with Gasteiger partial charge in [-0.05, 0) is 19.3 Å². The van der Waals surface area contributed by atoms with Crippen LogP contribution in [-0.4, -0.2) is 28.6 Å². The summed E-state index contributed by atoms with van der Waals surface area (Å²) in [7, 11) is 1.81. The summed E-state index contributed by atoms with van der Waals surface area (Å²) >= 11 is 0. The van der Waals surface area contributed by atoms with Gasteiger partial charge >= 0.3 is 0 Å². The fraction of sp³-hybridized carbons (Fsp3) is 0.765. The van der Waals surface area contributed by atoms with Crippen LogP contribution in [0, 0.1) is 5.92 Å². The standard InChI is InChI=1S/C17H33N5/c1-6-7-8-9-15(4)21-17(18-5)20-12-16-19-10-11-22(16)13-14(2)3/h10-11,14-15H,6-9,12-13H2,1-5H3,(H2,18,20,21). The summed E-state index contributed by atoms with van der Waals surface area (Å²) in [5.74, 6) is 2.52. The molecule has 0 aliphatic heterocycles. The van der Waals surface area contributed by atoms with Crippen LogP contribution in [0.5, 0.6) is 0 Å². The van der Waals surface area contributed by atoms with Gasteiger partial charge in [0, 0.05) is 32.0 Å². The second kappa shape index (κ2) is 10.2. The third-order valence-corrected chi connectivity index (χ3v) is 3.62. The fourth-order valence-corrected chi connectivity index (χ4v) is 2.43. The Bertz CT molecular complexity index is 436. The van der Waals surface area contributed by atoms with Crippen LogP contribution in [0.2, 0.25) is 0 Å². The second-order valence-corrected chi connectivity index (χ2v) is 6.36. The maximum atomic E-state index is 4.43. The largest absolute Gasteiger partial charge is 0.354 e. The van der Waals surface area contributed by atoms with Gasteiger partial charge in [-0.1, -0.05) is 40.0 Å². The fourth-order valence-electron chi connectivity index (χ4n) is 2.43. The summed E-state index contributed by atoms with van der Waals surface area (Å²) in [4.78, 5) is 8.74. The summed E-state index contributed by atoms with van der Waals surface area (Å²) in [6, 6.07) is 0.438. The molecule has 1 rings (SSSR count). The average Bonchev–Trinajstić information content (AvgIpc) is 2.90. The van der Waals surface area contributed by atoms with Crippen molar-refractivity contribution in [3.05, 3.63) is 18.2 Å². The molecule has 0 aliphatic rings. The molecule has 1 aromatic heterocycles. The van der Waals surface area contributed by atoms with Gasteiger partial charge in [0.25, 0.3) is 0 Å². The number of imidazole rings is 1. The van der Waals surface area contributed by atoms with Gasteiger partial charge in [-0.15, -0.1) is 0 Å². The molecule has 0 spiro atoms. The van der Waals surface area contributed by atoms with Crippen LogP contribution >= 0.6 is 0 Å². The lowest BCUT2D eigenvalue weighted by Gasteiger charge is -2.18. The molecule has 0 saturated heterocycles. The molecule has 0 aliphatic carbocycles. The second-order valence-electron chi connectivity index (χ2n) is 6.36. The number of hydrogen-bond acceptors (Lipinski definition) is 2. The number of aromatic nitrogens is 2. The number of guanidine groups is 1. The molecule has 22 heavy (non-hydrogen) atoms. The van der Waals surface area contributed by atoms with Crippen LogP contribution in [0.1, 0.15) is 59.2 Å². The number of nitrogens with zero attached hydrogens (tertiary/aromatic N) is 3. The van der Waals surface area contributed by atoms with Crippen molar-refractivity contribution in [1.82, 2.24) is 20.2 Å². The lowest BCUT2D eigenvalue weighted by molar-refractivity contribution is 0.502. The van der Waals surface area contributed by atoms with Gasteiger partial charge in [-0.3, -0.25) is 4.99 Å². The Kier molecular flexibility index (Phi) is 8.63. The molecular formula is C17H33N5. The topological polar surface area (TPSA) is 54.2 Å². The number of hydrogen-bond donors (Lipinski definition) is 2. The monoisotopic (exact) mass is 307 g/mol. The Hall–Kier alpha value is -1.52. The van der Waals surface area contributed by atoms with Crippen molar-refractivity contribution in [2.24, 2.45) is 10.9 Å². The molecule has 0 bridgehead atoms. The van der Waals surface area contributed by atoms with Gasteiger partial charge in [0.05, 0.1) is 6.54 Å². The third kappa shape index (κ3) is 6.96. The van der Waals surface area contributed by atoms with Crippen LogP contribution in [0.25, 0.3) is 0 Å². The van der Waals surface area contributed by atoms with Crippen molar-refractivity contribution in [3.8, 4) is 0 Å². The highest BCUT2D eigenvalue weighted by Gasteiger charge is 2.08. The van der Waals surface area contributed by atoms with Gasteiger partial charge in [0.2, 0.25) is 0 Å². The van der Waals surface area contributed by atoms with Crippen molar-refractivity contribution in [2.75, 3.05) is 7.05 Å². The number of nitrogens with one attached hydrogen (secondary N) is 2. The predicted octanol–water partition coefficient (Wildman–Crippen LogP) is 3.17. The Morgan fingerprint density at radius 3 is 2.73 bits per heavy atom. The molecule has 0 amide bonds. The van der Waals surface area contributed by atoms with Crippen molar-refractivity contribution < 1.29 is 0 Å². The van der Waals surface area contributed by atoms with E-state index >= 15 is 0 Å². The highest BCUT2D eigenvalue weighted by Crippen LogP contribution is 2.04. The smallest absolute Gasteiger partial charge is 0.191 e. The summed E-state index contributed by atoms with van der Waals surface area (Å²) in [6.45, 7) is 10.6. The minimum atomic E-state index is 0.438. The van der Waals surface area contributed by atoms with E-state index in [9.17, 15) is 0 Å². The minimum absolute atomic E-state index is 0.438. The average molecular weight is 307 g/mol. The van der Waals surface area contributed by atoms with E-state index in [2.05, 4.69) is 52.9 Å². The van der Waals surface area contributed by atoms with E-state index < -0.39 is 0 Å². The Morgan fingerprint density at radius 1 is 1.32 bits per heavy atom. The molecule has 126 valence electrons. The molecule has 1 aromatic rings. The van der Waals surface area contributed by atoms with Crippen LogP contribution in [0.15, 0.2) is 17.4 Å². The Labute approximate surface area is 135 Å². The van der Waals surface area contributed by atoms with Crippen LogP contribution in [0.3, 0.4) is 0 Å². The third-order valence-electron chi connectivity index (χ3n) is 3.62. The van der Waals surface area contributed by atoms with Crippen molar-refractivity contribution in [1.29, 1.82) is 0 Å². The minimum Gasteiger partial charge on any atom is -0.354 e. The molecule has 1 unspecified atom stereocenters. The van der Waals surface area contributed by atoms with E-state index in [1.165, 1.54) is 25.7 Å². The molecule has 5 heteroatoms. The number of aliphatic imine (C=N–C) groups is 1. The summed E-state index contributed by atoms with van der Waals surface area (Å²) in [5.41, 5.74) is 0. The normalized spacial score (nSPS) is 13.5.